The van der Waals surface area contributed by atoms with Crippen LogP contribution in [0.4, 0.5) is 17.1 Å². The molecule has 13 rings (SSSR count). The smallest absolute Gasteiger partial charge is 0.0640 e. The molecule has 1 nitrogen and oxygen atoms in total. The summed E-state index contributed by atoms with van der Waals surface area (Å²) >= 11 is 1.95. The summed E-state index contributed by atoms with van der Waals surface area (Å²) in [5, 5.41) is 2.75. The number of nitrogens with zero attached hydrogens (tertiary/aromatic N) is 1. The molecule has 8 fully saturated rings. The largest absolute Gasteiger partial charge is 0.309 e. The van der Waals surface area contributed by atoms with Crippen LogP contribution in [0, 0.1) is 35.5 Å². The van der Waals surface area contributed by atoms with Crippen molar-refractivity contribution in [1.29, 1.82) is 0 Å². The molecule has 0 saturated heterocycles. The van der Waals surface area contributed by atoms with Gasteiger partial charge in [-0.25, -0.2) is 0 Å². The molecule has 8 aliphatic rings. The first-order valence-electron chi connectivity index (χ1n) is 18.5. The quantitative estimate of drug-likeness (QED) is 0.189. The summed E-state index contributed by atoms with van der Waals surface area (Å²) in [6.07, 6.45) is 17.6. The molecule has 0 spiro atoms. The molecule has 2 heteroatoms. The maximum absolute atomic E-state index is 2.57. The Morgan fingerprint density at radius 3 is 1.37 bits per heavy atom. The lowest BCUT2D eigenvalue weighted by Crippen LogP contribution is -2.48. The lowest BCUT2D eigenvalue weighted by Gasteiger charge is -2.57. The minimum Gasteiger partial charge on any atom is -0.309 e. The minimum absolute atomic E-state index is 0.434. The molecule has 232 valence electrons. The van der Waals surface area contributed by atoms with Gasteiger partial charge >= 0.3 is 0 Å². The van der Waals surface area contributed by atoms with Crippen LogP contribution in [0.15, 0.2) is 91.0 Å². The first-order chi connectivity index (χ1) is 22.6. The molecule has 1 heterocycles. The first-order valence-corrected chi connectivity index (χ1v) is 19.3. The van der Waals surface area contributed by atoms with Crippen molar-refractivity contribution in [1.82, 2.24) is 0 Å². The van der Waals surface area contributed by atoms with Crippen molar-refractivity contribution >= 4 is 48.6 Å². The summed E-state index contributed by atoms with van der Waals surface area (Å²) in [6.45, 7) is 0. The molecule has 8 aliphatic carbocycles. The molecule has 0 unspecified atom stereocenters. The van der Waals surface area contributed by atoms with E-state index in [0.717, 1.165) is 35.5 Å². The van der Waals surface area contributed by atoms with Crippen molar-refractivity contribution in [3.8, 4) is 0 Å². The van der Waals surface area contributed by atoms with Crippen LogP contribution in [0.2, 0.25) is 0 Å². The van der Waals surface area contributed by atoms with E-state index in [0.29, 0.717) is 10.8 Å². The highest BCUT2D eigenvalue weighted by Crippen LogP contribution is 2.62. The Kier molecular flexibility index (Phi) is 5.69. The highest BCUT2D eigenvalue weighted by Gasteiger charge is 2.52. The molecule has 0 atom stereocenters. The average molecular weight is 620 g/mol. The van der Waals surface area contributed by atoms with Crippen LogP contribution in [0.25, 0.3) is 20.2 Å². The molecule has 0 amide bonds. The Morgan fingerprint density at radius 1 is 0.457 bits per heavy atom. The van der Waals surface area contributed by atoms with Gasteiger partial charge < -0.3 is 4.90 Å². The van der Waals surface area contributed by atoms with Crippen molar-refractivity contribution < 1.29 is 0 Å². The number of anilines is 3. The van der Waals surface area contributed by atoms with Crippen LogP contribution < -0.4 is 4.90 Å². The number of rotatable bonds is 5. The van der Waals surface area contributed by atoms with Gasteiger partial charge in [-0.3, -0.25) is 0 Å². The number of fused-ring (bicyclic) bond motifs is 3. The van der Waals surface area contributed by atoms with E-state index in [9.17, 15) is 0 Å². The van der Waals surface area contributed by atoms with E-state index in [-0.39, 0.29) is 0 Å². The summed E-state index contributed by atoms with van der Waals surface area (Å²) in [6, 6.07) is 35.9. The molecular formula is C44H45NS. The highest BCUT2D eigenvalue weighted by molar-refractivity contribution is 7.26. The third kappa shape index (κ3) is 3.98. The predicted octanol–water partition coefficient (Wildman–Crippen LogP) is 12.5. The maximum Gasteiger partial charge on any atom is 0.0640 e. The first kappa shape index (κ1) is 26.9. The third-order valence-corrected chi connectivity index (χ3v) is 15.4. The van der Waals surface area contributed by atoms with Gasteiger partial charge in [0.2, 0.25) is 0 Å². The Morgan fingerprint density at radius 2 is 0.891 bits per heavy atom. The number of hydrogen-bond donors (Lipinski definition) is 0. The summed E-state index contributed by atoms with van der Waals surface area (Å²) in [4.78, 5) is 2.57. The molecule has 46 heavy (non-hydrogen) atoms. The second-order valence-corrected chi connectivity index (χ2v) is 18.1. The van der Waals surface area contributed by atoms with Crippen molar-refractivity contribution in [3.05, 3.63) is 102 Å². The standard InChI is InChI=1S/C44H45NS/c1-2-7-41-38(4-1)39-5-3-6-40(42(39)46-41)45(36-12-8-34(9-13-36)43-22-28-16-29(23-43)18-30(17-28)24-43)37-14-10-35(11-15-37)44-25-31-19-32(26-44)21-33(20-31)27-44/h1-15,28-33H,16-27H2. The zero-order chi connectivity index (χ0) is 30.0. The van der Waals surface area contributed by atoms with Crippen LogP contribution in [0.5, 0.6) is 0 Å². The predicted molar refractivity (Wildman–Crippen MR) is 194 cm³/mol. The zero-order valence-electron chi connectivity index (χ0n) is 27.0. The highest BCUT2D eigenvalue weighted by atomic mass is 32.1. The van der Waals surface area contributed by atoms with Crippen molar-refractivity contribution in [3.63, 3.8) is 0 Å². The summed E-state index contributed by atoms with van der Waals surface area (Å²) in [5.74, 6) is 5.84. The molecule has 8 saturated carbocycles. The van der Waals surface area contributed by atoms with Gasteiger partial charge in [0.25, 0.3) is 0 Å². The molecular weight excluding hydrogens is 575 g/mol. The van der Waals surface area contributed by atoms with Gasteiger partial charge in [-0.05, 0) is 171 Å². The maximum atomic E-state index is 2.57. The summed E-state index contributed by atoms with van der Waals surface area (Å²) in [7, 11) is 0. The average Bonchev–Trinajstić information content (AvgIpc) is 3.44. The van der Waals surface area contributed by atoms with E-state index in [1.165, 1.54) is 114 Å². The molecule has 4 aromatic carbocycles. The summed E-state index contributed by atoms with van der Waals surface area (Å²) in [5.41, 5.74) is 8.00. The molecule has 0 radical (unpaired) electrons. The van der Waals surface area contributed by atoms with Gasteiger partial charge in [0, 0.05) is 26.8 Å². The molecule has 0 aliphatic heterocycles. The Hall–Kier alpha value is -3.10. The van der Waals surface area contributed by atoms with Crippen LogP contribution in [-0.4, -0.2) is 0 Å². The monoisotopic (exact) mass is 619 g/mol. The second kappa shape index (κ2) is 9.72. The van der Waals surface area contributed by atoms with Gasteiger partial charge in [-0.2, -0.15) is 0 Å². The Bertz CT molecular complexity index is 1800. The normalized spacial score (nSPS) is 35.4. The lowest BCUT2D eigenvalue weighted by atomic mass is 9.48. The van der Waals surface area contributed by atoms with E-state index in [4.69, 9.17) is 0 Å². The second-order valence-electron chi connectivity index (χ2n) is 17.1. The summed E-state index contributed by atoms with van der Waals surface area (Å²) < 4.78 is 2.76. The number of thiophene rings is 1. The number of hydrogen-bond acceptors (Lipinski definition) is 2. The van der Waals surface area contributed by atoms with Crippen molar-refractivity contribution in [2.45, 2.75) is 87.9 Å². The van der Waals surface area contributed by atoms with Crippen LogP contribution in [0.3, 0.4) is 0 Å². The van der Waals surface area contributed by atoms with E-state index in [1.807, 2.05) is 11.3 Å². The van der Waals surface area contributed by atoms with Gasteiger partial charge in [0.05, 0.1) is 10.4 Å². The lowest BCUT2D eigenvalue weighted by molar-refractivity contribution is -0.00529. The van der Waals surface area contributed by atoms with Gasteiger partial charge in [0.15, 0.2) is 0 Å². The molecule has 1 aromatic heterocycles. The zero-order valence-corrected chi connectivity index (χ0v) is 27.8. The Balaban J connectivity index is 1.02. The van der Waals surface area contributed by atoms with Gasteiger partial charge in [-0.1, -0.05) is 54.6 Å². The fourth-order valence-electron chi connectivity index (χ4n) is 13.2. The molecule has 5 aromatic rings. The van der Waals surface area contributed by atoms with Crippen molar-refractivity contribution in [2.75, 3.05) is 4.90 Å². The fraction of sp³-hybridized carbons (Fsp3) is 0.455. The Labute approximate surface area is 278 Å². The van der Waals surface area contributed by atoms with E-state index < -0.39 is 0 Å². The fourth-order valence-corrected chi connectivity index (χ4v) is 14.4. The van der Waals surface area contributed by atoms with Crippen LogP contribution in [0.1, 0.15) is 88.2 Å². The molecule has 8 bridgehead atoms. The number of benzene rings is 4. The molecule has 0 N–H and O–H groups in total. The van der Waals surface area contributed by atoms with E-state index in [2.05, 4.69) is 95.9 Å². The van der Waals surface area contributed by atoms with E-state index >= 15 is 0 Å². The third-order valence-electron chi connectivity index (χ3n) is 14.2. The topological polar surface area (TPSA) is 3.24 Å². The van der Waals surface area contributed by atoms with Gasteiger partial charge in [0.1, 0.15) is 0 Å². The minimum atomic E-state index is 0.434. The SMILES string of the molecule is c1ccc2c(c1)sc1c(N(c3ccc(C45CC6CC(CC(C6)C4)C5)cc3)c3ccc(C45CC6CC(CC(C6)C4)C5)cc3)cccc12. The van der Waals surface area contributed by atoms with Crippen LogP contribution in [-0.2, 0) is 10.8 Å². The van der Waals surface area contributed by atoms with Gasteiger partial charge in [-0.15, -0.1) is 11.3 Å². The van der Waals surface area contributed by atoms with Crippen LogP contribution >= 0.6 is 11.3 Å². The van der Waals surface area contributed by atoms with Crippen molar-refractivity contribution in [2.24, 2.45) is 35.5 Å². The van der Waals surface area contributed by atoms with E-state index in [1.54, 1.807) is 11.1 Å².